The van der Waals surface area contributed by atoms with E-state index in [1.807, 2.05) is 12.1 Å². The zero-order valence-electron chi connectivity index (χ0n) is 41.7. The molecule has 0 unspecified atom stereocenters. The fourth-order valence-electron chi connectivity index (χ4n) is 15.7. The van der Waals surface area contributed by atoms with E-state index in [2.05, 4.69) is 172 Å². The van der Waals surface area contributed by atoms with Crippen LogP contribution in [-0.2, 0) is 10.8 Å². The molecule has 10 aromatic rings. The first-order chi connectivity index (χ1) is 35.4. The number of para-hydroxylation sites is 1. The summed E-state index contributed by atoms with van der Waals surface area (Å²) < 4.78 is 6.35. The summed E-state index contributed by atoms with van der Waals surface area (Å²) in [6, 6.07) is 61.1. The summed E-state index contributed by atoms with van der Waals surface area (Å²) >= 11 is 0. The molecule has 8 radical (unpaired) electrons. The molecule has 1 spiro atoms. The Balaban J connectivity index is 0.820. The minimum Gasteiger partial charge on any atom is -0.456 e. The first-order valence-corrected chi connectivity index (χ1v) is 26.4. The van der Waals surface area contributed by atoms with Crippen LogP contribution in [0, 0.1) is 30.6 Å². The number of rotatable bonds is 5. The summed E-state index contributed by atoms with van der Waals surface area (Å²) in [7, 11) is 26.9. The van der Waals surface area contributed by atoms with Crippen molar-refractivity contribution in [2.24, 2.45) is 23.7 Å². The van der Waals surface area contributed by atoms with E-state index in [1.54, 1.807) is 0 Å². The maximum absolute atomic E-state index is 6.92. The van der Waals surface area contributed by atoms with Gasteiger partial charge in [0.05, 0.1) is 0 Å². The van der Waals surface area contributed by atoms with Gasteiger partial charge in [-0.05, 0) is 223 Å². The molecular formula is C68H50B4O. The highest BCUT2D eigenvalue weighted by Gasteiger charge is 2.62. The molecule has 1 aromatic heterocycles. The van der Waals surface area contributed by atoms with E-state index in [1.165, 1.54) is 110 Å². The zero-order valence-corrected chi connectivity index (χ0v) is 41.7. The van der Waals surface area contributed by atoms with Crippen molar-refractivity contribution in [3.63, 3.8) is 0 Å². The monoisotopic (exact) mass is 926 g/mol. The smallest absolute Gasteiger partial charge is 0.136 e. The van der Waals surface area contributed by atoms with Gasteiger partial charge in [-0.25, -0.2) is 0 Å². The van der Waals surface area contributed by atoms with Gasteiger partial charge in [-0.15, -0.1) is 10.9 Å². The maximum Gasteiger partial charge on any atom is 0.136 e. The molecule has 4 saturated carbocycles. The highest BCUT2D eigenvalue weighted by molar-refractivity contribution is 6.64. The van der Waals surface area contributed by atoms with Gasteiger partial charge in [0.1, 0.15) is 42.6 Å². The van der Waals surface area contributed by atoms with Crippen molar-refractivity contribution in [3.05, 3.63) is 192 Å². The fourth-order valence-corrected chi connectivity index (χ4v) is 15.7. The van der Waals surface area contributed by atoms with Crippen LogP contribution in [0.5, 0.6) is 0 Å². The van der Waals surface area contributed by atoms with Gasteiger partial charge in [0.15, 0.2) is 0 Å². The predicted octanol–water partition coefficient (Wildman–Crippen LogP) is 13.4. The van der Waals surface area contributed by atoms with Crippen LogP contribution in [-0.4, -0.2) is 31.4 Å². The van der Waals surface area contributed by atoms with Crippen LogP contribution in [0.2, 0.25) is 0 Å². The third-order valence-electron chi connectivity index (χ3n) is 18.8. The fraction of sp³-hybridized carbons (Fsp3) is 0.206. The summed E-state index contributed by atoms with van der Waals surface area (Å²) in [5.74, 6) is 2.89. The molecule has 5 heteroatoms. The van der Waals surface area contributed by atoms with Crippen LogP contribution in [0.15, 0.2) is 168 Å². The van der Waals surface area contributed by atoms with Gasteiger partial charge in [0, 0.05) is 21.6 Å². The molecule has 0 amide bonds. The summed E-state index contributed by atoms with van der Waals surface area (Å²) in [5, 5.41) is 2.28. The number of hydrogen-bond donors (Lipinski definition) is 0. The minimum atomic E-state index is -0.386. The standard InChI is InChI=1S/C68H50B4O/c1-36-22-53-54-33-55-56(67(2,3)62-61(55)63(69)65(71)66(72)64(62)70)35-58(54)68(48-24-37-23-38(26-48)27-49(68)25-37)57(53)34-52(36)44-13-9-12-42(28-44)40-16-18-41(19-17-40)46-29-45(39-10-5-4-6-11-39)30-47(31-46)43-20-21-51-50-14-7-8-15-59(50)73-60(51)32-43/h4-22,28-35,37-38,48-49H,23-27H2,1-3H3. The van der Waals surface area contributed by atoms with Gasteiger partial charge < -0.3 is 4.42 Å². The molecule has 0 N–H and O–H groups in total. The van der Waals surface area contributed by atoms with Crippen molar-refractivity contribution < 1.29 is 4.42 Å². The molecule has 4 fully saturated rings. The van der Waals surface area contributed by atoms with Gasteiger partial charge in [0.25, 0.3) is 0 Å². The quantitative estimate of drug-likeness (QED) is 0.157. The van der Waals surface area contributed by atoms with E-state index >= 15 is 0 Å². The lowest BCUT2D eigenvalue weighted by Crippen LogP contribution is -2.55. The van der Waals surface area contributed by atoms with Crippen LogP contribution >= 0.6 is 0 Å². The average Bonchev–Trinajstić information content (AvgIpc) is 4.00. The number of fused-ring (bicyclic) bond motifs is 9. The van der Waals surface area contributed by atoms with Crippen molar-refractivity contribution in [2.45, 2.75) is 63.7 Å². The third-order valence-corrected chi connectivity index (χ3v) is 18.8. The van der Waals surface area contributed by atoms with Crippen molar-refractivity contribution in [3.8, 4) is 77.9 Å². The van der Waals surface area contributed by atoms with Gasteiger partial charge in [0.2, 0.25) is 0 Å². The first-order valence-electron chi connectivity index (χ1n) is 26.4. The molecule has 6 aliphatic carbocycles. The molecule has 1 heterocycles. The topological polar surface area (TPSA) is 13.1 Å². The predicted molar refractivity (Wildman–Crippen MR) is 308 cm³/mol. The Morgan fingerprint density at radius 1 is 0.397 bits per heavy atom. The zero-order chi connectivity index (χ0) is 49.2. The number of benzene rings is 9. The normalized spacial score (nSPS) is 21.5. The average molecular weight is 926 g/mol. The Morgan fingerprint density at radius 2 is 0.932 bits per heavy atom. The molecule has 1 nitrogen and oxygen atoms in total. The third kappa shape index (κ3) is 6.15. The Morgan fingerprint density at radius 3 is 1.66 bits per heavy atom. The van der Waals surface area contributed by atoms with Gasteiger partial charge in [-0.1, -0.05) is 134 Å². The molecule has 4 bridgehead atoms. The van der Waals surface area contributed by atoms with E-state index in [4.69, 9.17) is 35.8 Å². The second-order valence-corrected chi connectivity index (χ2v) is 23.0. The Hall–Kier alpha value is -6.96. The molecule has 0 saturated heterocycles. The molecule has 340 valence electrons. The lowest BCUT2D eigenvalue weighted by Gasteiger charge is -2.61. The van der Waals surface area contributed by atoms with Gasteiger partial charge in [-0.3, -0.25) is 0 Å². The van der Waals surface area contributed by atoms with Gasteiger partial charge >= 0.3 is 0 Å². The number of hydrogen-bond acceptors (Lipinski definition) is 1. The molecule has 16 rings (SSSR count). The van der Waals surface area contributed by atoms with E-state index in [-0.39, 0.29) is 10.8 Å². The largest absolute Gasteiger partial charge is 0.456 e. The van der Waals surface area contributed by atoms with Crippen molar-refractivity contribution in [2.75, 3.05) is 0 Å². The van der Waals surface area contributed by atoms with E-state index < -0.39 is 0 Å². The Kier molecular flexibility index (Phi) is 9.28. The molecule has 9 aromatic carbocycles. The van der Waals surface area contributed by atoms with Crippen LogP contribution in [0.4, 0.5) is 0 Å². The first kappa shape index (κ1) is 43.6. The van der Waals surface area contributed by atoms with E-state index in [0.29, 0.717) is 33.7 Å². The minimum absolute atomic E-state index is 0.0408. The highest BCUT2D eigenvalue weighted by Crippen LogP contribution is 2.70. The van der Waals surface area contributed by atoms with Crippen LogP contribution in [0.3, 0.4) is 0 Å². The van der Waals surface area contributed by atoms with Crippen molar-refractivity contribution in [1.29, 1.82) is 0 Å². The summed E-state index contributed by atoms with van der Waals surface area (Å²) in [6.45, 7) is 6.88. The SMILES string of the molecule is [B]c1c([B])c([B])c2c(c1[B])-c1cc3c(cc1C2(C)C)C1(c2cc(-c4cccc(-c5ccc(-c6cc(-c7ccccc7)cc(-c7ccc8c(c7)oc7ccccc78)c6)cc5)c4)c(C)cc2-3)C2CC3CC(C2)CC1C3. The van der Waals surface area contributed by atoms with Gasteiger partial charge in [-0.2, -0.15) is 0 Å². The highest BCUT2D eigenvalue weighted by atomic mass is 16.3. The molecule has 0 atom stereocenters. The molecule has 6 aliphatic rings. The maximum atomic E-state index is 6.92. The van der Waals surface area contributed by atoms with E-state index in [0.717, 1.165) is 61.6 Å². The Labute approximate surface area is 434 Å². The lowest BCUT2D eigenvalue weighted by atomic mass is 9.43. The number of aryl methyl sites for hydroxylation is 1. The number of furan rings is 1. The van der Waals surface area contributed by atoms with Crippen LogP contribution < -0.4 is 21.9 Å². The second kappa shape index (κ2) is 15.5. The van der Waals surface area contributed by atoms with E-state index in [9.17, 15) is 0 Å². The van der Waals surface area contributed by atoms with Crippen molar-refractivity contribution in [1.82, 2.24) is 0 Å². The molecule has 73 heavy (non-hydrogen) atoms. The molecular weight excluding hydrogens is 876 g/mol. The summed E-state index contributed by atoms with van der Waals surface area (Å²) in [4.78, 5) is 0. The van der Waals surface area contributed by atoms with Crippen molar-refractivity contribution >= 4 is 75.2 Å². The summed E-state index contributed by atoms with van der Waals surface area (Å²) in [5.41, 5.74) is 26.7. The van der Waals surface area contributed by atoms with Crippen LogP contribution in [0.1, 0.15) is 73.8 Å². The lowest BCUT2D eigenvalue weighted by molar-refractivity contribution is -0.0399. The van der Waals surface area contributed by atoms with Crippen LogP contribution in [0.25, 0.3) is 99.8 Å². The Bertz CT molecular complexity index is 3980. The second-order valence-electron chi connectivity index (χ2n) is 23.0. The molecule has 0 aliphatic heterocycles. The summed E-state index contributed by atoms with van der Waals surface area (Å²) in [6.07, 6.45) is 6.65.